The highest BCUT2D eigenvalue weighted by atomic mass is 32.1. The van der Waals surface area contributed by atoms with Crippen LogP contribution < -0.4 is 5.56 Å². The molecule has 4 heterocycles. The highest BCUT2D eigenvalue weighted by Crippen LogP contribution is 2.41. The van der Waals surface area contributed by atoms with Crippen LogP contribution >= 0.6 is 11.3 Å². The lowest BCUT2D eigenvalue weighted by molar-refractivity contribution is 0.0499. The van der Waals surface area contributed by atoms with Crippen LogP contribution in [0.3, 0.4) is 0 Å². The monoisotopic (exact) mass is 399 g/mol. The third-order valence-electron chi connectivity index (χ3n) is 5.83. The number of carbonyl (C=O) groups is 2. The lowest BCUT2D eigenvalue weighted by atomic mass is 9.78. The molecule has 3 atom stereocenters. The zero-order chi connectivity index (χ0) is 20.0. The van der Waals surface area contributed by atoms with Gasteiger partial charge >= 0.3 is 0 Å². The van der Waals surface area contributed by atoms with Gasteiger partial charge in [-0.25, -0.2) is 0 Å². The molecule has 0 spiro atoms. The number of Topliss-reactive ketones (excluding diaryl/α,β-unsaturated/α-hetero) is 1. The van der Waals surface area contributed by atoms with Gasteiger partial charge in [-0.1, -0.05) is 6.07 Å². The first-order chi connectivity index (χ1) is 13.3. The number of ketones is 1. The summed E-state index contributed by atoms with van der Waals surface area (Å²) >= 11 is 1.32. The zero-order valence-electron chi connectivity index (χ0n) is 16.4. The molecule has 7 heteroatoms. The fourth-order valence-electron chi connectivity index (χ4n) is 4.63. The molecule has 4 rings (SSSR count). The molecule has 0 aromatic carbocycles. The van der Waals surface area contributed by atoms with Gasteiger partial charge in [0.05, 0.1) is 16.5 Å². The number of hydrogen-bond acceptors (Lipinski definition) is 5. The van der Waals surface area contributed by atoms with Gasteiger partial charge in [-0.15, -0.1) is 11.3 Å². The largest absolute Gasteiger partial charge is 0.338 e. The van der Waals surface area contributed by atoms with Crippen molar-refractivity contribution in [2.75, 3.05) is 33.7 Å². The number of likely N-dealkylation sites (N-methyl/N-ethyl adjacent to an activating group) is 1. The molecule has 0 radical (unpaired) electrons. The van der Waals surface area contributed by atoms with E-state index in [9.17, 15) is 14.4 Å². The van der Waals surface area contributed by atoms with E-state index in [1.165, 1.54) is 18.3 Å². The molecule has 148 valence electrons. The van der Waals surface area contributed by atoms with Crippen molar-refractivity contribution >= 4 is 23.0 Å². The van der Waals surface area contributed by atoms with E-state index in [0.717, 1.165) is 18.7 Å². The van der Waals surface area contributed by atoms with Gasteiger partial charge in [-0.2, -0.15) is 0 Å². The van der Waals surface area contributed by atoms with E-state index in [1.807, 2.05) is 35.7 Å². The fourth-order valence-corrected chi connectivity index (χ4v) is 5.42. The van der Waals surface area contributed by atoms with Gasteiger partial charge in [0.25, 0.3) is 11.5 Å². The molecule has 28 heavy (non-hydrogen) atoms. The van der Waals surface area contributed by atoms with Crippen molar-refractivity contribution in [1.29, 1.82) is 0 Å². The number of likely N-dealkylation sites (tertiary alicyclic amines) is 1. The Kier molecular flexibility index (Phi) is 4.97. The van der Waals surface area contributed by atoms with Crippen LogP contribution in [0.25, 0.3) is 0 Å². The number of fused-ring (bicyclic) bond motifs is 4. The number of aromatic nitrogens is 1. The lowest BCUT2D eigenvalue weighted by Gasteiger charge is -2.47. The summed E-state index contributed by atoms with van der Waals surface area (Å²) < 4.78 is 1.96. The number of carbonyl (C=O) groups excluding carboxylic acids is 2. The number of thiophene rings is 1. The van der Waals surface area contributed by atoms with Crippen molar-refractivity contribution in [1.82, 2.24) is 14.4 Å². The average molecular weight is 400 g/mol. The minimum Gasteiger partial charge on any atom is -0.338 e. The first-order valence-electron chi connectivity index (χ1n) is 9.60. The maximum absolute atomic E-state index is 13.1. The van der Waals surface area contributed by atoms with Crippen LogP contribution in [0.4, 0.5) is 0 Å². The third-order valence-corrected chi connectivity index (χ3v) is 6.86. The molecule has 1 fully saturated rings. The molecule has 2 bridgehead atoms. The first kappa shape index (κ1) is 19.1. The maximum Gasteiger partial charge on any atom is 0.254 e. The molecule has 0 N–H and O–H groups in total. The predicted octanol–water partition coefficient (Wildman–Crippen LogP) is 2.47. The molecule has 2 aromatic heterocycles. The molecule has 6 nitrogen and oxygen atoms in total. The lowest BCUT2D eigenvalue weighted by Crippen LogP contribution is -2.52. The highest BCUT2D eigenvalue weighted by molar-refractivity contribution is 7.12. The molecular formula is C21H25N3O3S. The topological polar surface area (TPSA) is 62.6 Å². The Morgan fingerprint density at radius 2 is 2.04 bits per heavy atom. The summed E-state index contributed by atoms with van der Waals surface area (Å²) in [5.74, 6) is 0.372. The summed E-state index contributed by atoms with van der Waals surface area (Å²) in [6, 6.07) is 7.23. The Hall–Kier alpha value is -2.25. The summed E-state index contributed by atoms with van der Waals surface area (Å²) in [6.07, 6.45) is 0.994. The maximum atomic E-state index is 13.1. The zero-order valence-corrected chi connectivity index (χ0v) is 17.2. The summed E-state index contributed by atoms with van der Waals surface area (Å²) in [4.78, 5) is 42.0. The van der Waals surface area contributed by atoms with Gasteiger partial charge in [0.2, 0.25) is 0 Å². The van der Waals surface area contributed by atoms with Gasteiger partial charge in [0, 0.05) is 42.7 Å². The Morgan fingerprint density at radius 1 is 1.25 bits per heavy atom. The van der Waals surface area contributed by atoms with E-state index in [4.69, 9.17) is 0 Å². The minimum absolute atomic E-state index is 0.0149. The number of rotatable bonds is 4. The number of piperidine rings is 1. The summed E-state index contributed by atoms with van der Waals surface area (Å²) in [5, 5.41) is 1.78. The van der Waals surface area contributed by atoms with Crippen LogP contribution in [0.5, 0.6) is 0 Å². The summed E-state index contributed by atoms with van der Waals surface area (Å²) in [7, 11) is 4.03. The van der Waals surface area contributed by atoms with Crippen LogP contribution in [0.2, 0.25) is 0 Å². The van der Waals surface area contributed by atoms with E-state index in [-0.39, 0.29) is 35.1 Å². The Labute approximate surface area is 168 Å². The molecule has 0 saturated carbocycles. The second kappa shape index (κ2) is 7.29. The number of amides is 1. The van der Waals surface area contributed by atoms with Gasteiger partial charge in [0.15, 0.2) is 5.78 Å². The van der Waals surface area contributed by atoms with Crippen LogP contribution in [0.1, 0.15) is 51.0 Å². The van der Waals surface area contributed by atoms with Crippen molar-refractivity contribution in [3.05, 3.63) is 56.1 Å². The number of nitrogens with zero attached hydrogens (tertiary/aromatic N) is 3. The average Bonchev–Trinajstić information content (AvgIpc) is 3.15. The van der Waals surface area contributed by atoms with Gasteiger partial charge in [-0.3, -0.25) is 14.4 Å². The van der Waals surface area contributed by atoms with Crippen LogP contribution in [-0.4, -0.2) is 59.8 Å². The molecule has 2 aliphatic heterocycles. The van der Waals surface area contributed by atoms with Gasteiger partial charge in [0.1, 0.15) is 0 Å². The Balaban J connectivity index is 1.67. The fraction of sp³-hybridized carbons (Fsp3) is 0.476. The van der Waals surface area contributed by atoms with E-state index in [2.05, 4.69) is 4.90 Å². The Morgan fingerprint density at radius 3 is 2.71 bits per heavy atom. The van der Waals surface area contributed by atoms with Crippen LogP contribution in [0, 0.1) is 5.92 Å². The van der Waals surface area contributed by atoms with Crippen molar-refractivity contribution in [3.63, 3.8) is 0 Å². The van der Waals surface area contributed by atoms with Gasteiger partial charge < -0.3 is 14.4 Å². The van der Waals surface area contributed by atoms with Crippen LogP contribution in [-0.2, 0) is 0 Å². The smallest absolute Gasteiger partial charge is 0.254 e. The third kappa shape index (κ3) is 3.33. The summed E-state index contributed by atoms with van der Waals surface area (Å²) in [5.41, 5.74) is 1.66. The van der Waals surface area contributed by atoms with Crippen molar-refractivity contribution < 1.29 is 9.59 Å². The molecule has 0 unspecified atom stereocenters. The summed E-state index contributed by atoms with van der Waals surface area (Å²) in [6.45, 7) is 3.54. The van der Waals surface area contributed by atoms with Crippen molar-refractivity contribution in [3.8, 4) is 0 Å². The number of pyridine rings is 1. The van der Waals surface area contributed by atoms with Crippen molar-refractivity contribution in [2.45, 2.75) is 25.3 Å². The SMILES string of the molecule is CC(=O)c1cc(C(=O)N2C[C@H]3C[C@@H](C2)[C@H](CN(C)C)n2c3cccc2=O)cs1. The molecule has 1 saturated heterocycles. The first-order valence-corrected chi connectivity index (χ1v) is 10.5. The van der Waals surface area contributed by atoms with Crippen LogP contribution in [0.15, 0.2) is 34.4 Å². The van der Waals surface area contributed by atoms with E-state index in [1.54, 1.807) is 17.5 Å². The standard InChI is InChI=1S/C21H25N3O3S/c1-13(25)19-8-16(12-28-19)21(27)23-9-14-7-15(10-23)18(11-22(2)3)24-17(14)5-4-6-20(24)26/h4-6,8,12,14-15,18H,7,9-11H2,1-3H3/t14-,15+,18+/m1/s1. The van der Waals surface area contributed by atoms with Crippen molar-refractivity contribution in [2.24, 2.45) is 5.92 Å². The molecule has 1 amide bonds. The predicted molar refractivity (Wildman–Crippen MR) is 109 cm³/mol. The molecule has 2 aliphatic rings. The van der Waals surface area contributed by atoms with E-state index < -0.39 is 0 Å². The minimum atomic E-state index is -0.0196. The molecule has 0 aliphatic carbocycles. The highest BCUT2D eigenvalue weighted by Gasteiger charge is 2.42. The molecular weight excluding hydrogens is 374 g/mol. The van der Waals surface area contributed by atoms with Gasteiger partial charge in [-0.05, 0) is 45.5 Å². The second-order valence-corrected chi connectivity index (χ2v) is 9.06. The van der Waals surface area contributed by atoms with E-state index >= 15 is 0 Å². The quantitative estimate of drug-likeness (QED) is 0.741. The normalized spacial score (nSPS) is 23.6. The second-order valence-electron chi connectivity index (χ2n) is 8.15. The number of hydrogen-bond donors (Lipinski definition) is 0. The van der Waals surface area contributed by atoms with E-state index in [0.29, 0.717) is 23.5 Å². The molecule has 2 aromatic rings. The Bertz CT molecular complexity index is 977.